The minimum absolute atomic E-state index is 0.306. The first-order chi connectivity index (χ1) is 6.29. The Hall–Kier alpha value is -0.744. The summed E-state index contributed by atoms with van der Waals surface area (Å²) in [6.07, 6.45) is 0. The number of carbonyl (C=O) groups is 3. The summed E-state index contributed by atoms with van der Waals surface area (Å²) in [5, 5.41) is 1.06. The average molecular weight is 244 g/mol. The fourth-order valence-corrected chi connectivity index (χ4v) is 0.229. The standard InChI is InChI=1S/C7H14.3CHO.Co/c1-6(2)7(3,4)5;3*1-2;/h1H2,2-5H3;3*1H;. The van der Waals surface area contributed by atoms with E-state index in [1.807, 2.05) is 0 Å². The molecule has 0 aromatic carbocycles. The second-order valence-corrected chi connectivity index (χ2v) is 5.38. The molecule has 14 heavy (non-hydrogen) atoms. The van der Waals surface area contributed by atoms with Gasteiger partial charge in [-0.15, -0.1) is 0 Å². The van der Waals surface area contributed by atoms with Crippen molar-refractivity contribution in [2.45, 2.75) is 27.7 Å². The Labute approximate surface area is 89.3 Å². The maximum atomic E-state index is 9.53. The predicted octanol–water partition coefficient (Wildman–Crippen LogP) is 1.78. The second-order valence-electron chi connectivity index (χ2n) is 3.60. The van der Waals surface area contributed by atoms with Crippen LogP contribution in [0.15, 0.2) is 12.2 Å². The van der Waals surface area contributed by atoms with Crippen LogP contribution in [-0.4, -0.2) is 15.7 Å². The second kappa shape index (κ2) is 7.64. The molecule has 0 bridgehead atoms. The molecular formula is C10H17CoO3. The Balaban J connectivity index is 0. The van der Waals surface area contributed by atoms with Crippen molar-refractivity contribution < 1.29 is 28.0 Å². The zero-order valence-electron chi connectivity index (χ0n) is 9.00. The van der Waals surface area contributed by atoms with Crippen molar-refractivity contribution in [3.05, 3.63) is 12.2 Å². The van der Waals surface area contributed by atoms with Gasteiger partial charge in [0.1, 0.15) is 0 Å². The van der Waals surface area contributed by atoms with E-state index in [4.69, 9.17) is 0 Å². The van der Waals surface area contributed by atoms with Crippen LogP contribution < -0.4 is 0 Å². The van der Waals surface area contributed by atoms with E-state index in [9.17, 15) is 14.4 Å². The molecule has 0 heterocycles. The molecule has 4 heteroatoms. The third kappa shape index (κ3) is 9.35. The van der Waals surface area contributed by atoms with Crippen LogP contribution in [0.5, 0.6) is 0 Å². The summed E-state index contributed by atoms with van der Waals surface area (Å²) in [6, 6.07) is 0. The topological polar surface area (TPSA) is 51.2 Å². The molecule has 0 aliphatic carbocycles. The quantitative estimate of drug-likeness (QED) is 0.561. The van der Waals surface area contributed by atoms with Crippen molar-refractivity contribution in [2.75, 3.05) is 0 Å². The molecule has 0 rings (SSSR count). The van der Waals surface area contributed by atoms with Crippen molar-refractivity contribution in [3.63, 3.8) is 0 Å². The number of carbonyl (C=O) groups excluding carboxylic acids is 3. The summed E-state index contributed by atoms with van der Waals surface area (Å²) < 4.78 is 0. The summed E-state index contributed by atoms with van der Waals surface area (Å²) in [5.41, 5.74) is 1.55. The maximum absolute atomic E-state index is 9.53. The summed E-state index contributed by atoms with van der Waals surface area (Å²) in [6.45, 7) is 12.4. The predicted molar refractivity (Wildman–Crippen MR) is 54.5 cm³/mol. The van der Waals surface area contributed by atoms with Gasteiger partial charge in [0, 0.05) is 0 Å². The van der Waals surface area contributed by atoms with Crippen molar-refractivity contribution in [1.29, 1.82) is 0 Å². The van der Waals surface area contributed by atoms with Gasteiger partial charge in [0.25, 0.3) is 0 Å². The molecule has 0 fully saturated rings. The summed E-state index contributed by atoms with van der Waals surface area (Å²) in [5.74, 6) is 0. The molecule has 0 N–H and O–H groups in total. The van der Waals surface area contributed by atoms with Gasteiger partial charge in [-0.1, -0.05) is 32.9 Å². The third-order valence-corrected chi connectivity index (χ3v) is 2.40. The normalized spacial score (nSPS) is 10.4. The molecule has 0 atom stereocenters. The number of hydrogen-bond acceptors (Lipinski definition) is 3. The van der Waals surface area contributed by atoms with Gasteiger partial charge in [0.05, 0.1) is 0 Å². The van der Waals surface area contributed by atoms with Crippen LogP contribution in [-0.2, 0) is 28.0 Å². The Morgan fingerprint density at radius 3 is 1.29 bits per heavy atom. The van der Waals surface area contributed by atoms with Crippen LogP contribution in [0.4, 0.5) is 0 Å². The van der Waals surface area contributed by atoms with Gasteiger partial charge in [0.2, 0.25) is 0 Å². The van der Waals surface area contributed by atoms with Crippen molar-refractivity contribution in [1.82, 2.24) is 0 Å². The first-order valence-electron chi connectivity index (χ1n) is 3.89. The van der Waals surface area contributed by atoms with E-state index in [1.165, 1.54) is 5.57 Å². The monoisotopic (exact) mass is 244 g/mol. The molecule has 0 spiro atoms. The molecule has 0 aromatic heterocycles. The van der Waals surface area contributed by atoms with Crippen LogP contribution in [0.25, 0.3) is 0 Å². The van der Waals surface area contributed by atoms with Gasteiger partial charge >= 0.3 is 43.7 Å². The molecule has 0 saturated carbocycles. The van der Waals surface area contributed by atoms with E-state index < -0.39 is 13.7 Å². The van der Waals surface area contributed by atoms with E-state index in [0.29, 0.717) is 21.1 Å². The molecule has 84 valence electrons. The van der Waals surface area contributed by atoms with E-state index in [1.54, 1.807) is 0 Å². The molecule has 0 aliphatic rings. The Bertz CT molecular complexity index is 197. The van der Waals surface area contributed by atoms with Crippen LogP contribution in [0.3, 0.4) is 0 Å². The zero-order chi connectivity index (χ0) is 11.8. The Morgan fingerprint density at radius 1 is 1.07 bits per heavy atom. The summed E-state index contributed by atoms with van der Waals surface area (Å²) in [7, 11) is 0. The Morgan fingerprint density at radius 2 is 1.29 bits per heavy atom. The van der Waals surface area contributed by atoms with E-state index in [0.717, 1.165) is 0 Å². The fraction of sp³-hybridized carbons (Fsp3) is 0.500. The molecule has 0 saturated heterocycles. The SMILES string of the molecule is C=C(C)C(C)(C)C.O=[CH][Co]([CH]=O)[CH]=O. The fourth-order valence-electron chi connectivity index (χ4n) is 0.0556. The molecule has 3 nitrogen and oxygen atoms in total. The van der Waals surface area contributed by atoms with E-state index in [2.05, 4.69) is 34.3 Å². The molecule has 0 radical (unpaired) electrons. The van der Waals surface area contributed by atoms with Crippen LogP contribution in [0, 0.1) is 5.41 Å². The molecule has 0 aliphatic heterocycles. The van der Waals surface area contributed by atoms with Gasteiger partial charge in [-0.25, -0.2) is 0 Å². The summed E-state index contributed by atoms with van der Waals surface area (Å²) >= 11 is -1.58. The molecular weight excluding hydrogens is 227 g/mol. The van der Waals surface area contributed by atoms with Crippen LogP contribution in [0.1, 0.15) is 27.7 Å². The van der Waals surface area contributed by atoms with E-state index in [-0.39, 0.29) is 0 Å². The Kier molecular flexibility index (Phi) is 8.58. The molecule has 0 amide bonds. The average Bonchev–Trinajstić information content (AvgIpc) is 2.07. The zero-order valence-corrected chi connectivity index (χ0v) is 10.0. The molecule has 0 unspecified atom stereocenters. The van der Waals surface area contributed by atoms with Crippen molar-refractivity contribution >= 4 is 15.7 Å². The van der Waals surface area contributed by atoms with Gasteiger partial charge in [0.15, 0.2) is 0 Å². The van der Waals surface area contributed by atoms with Crippen LogP contribution in [0.2, 0.25) is 0 Å². The third-order valence-electron chi connectivity index (χ3n) is 1.55. The summed E-state index contributed by atoms with van der Waals surface area (Å²) in [4.78, 5) is 28.6. The van der Waals surface area contributed by atoms with Gasteiger partial charge in [-0.05, 0) is 12.3 Å². The van der Waals surface area contributed by atoms with Crippen LogP contribution >= 0.6 is 0 Å². The first kappa shape index (κ1) is 15.7. The van der Waals surface area contributed by atoms with Gasteiger partial charge in [-0.2, -0.15) is 0 Å². The first-order valence-corrected chi connectivity index (χ1v) is 5.69. The van der Waals surface area contributed by atoms with Gasteiger partial charge in [-0.3, -0.25) is 0 Å². The molecule has 0 aromatic rings. The number of allylic oxidation sites excluding steroid dienone is 1. The minimum atomic E-state index is -1.58. The van der Waals surface area contributed by atoms with Gasteiger partial charge < -0.3 is 0 Å². The van der Waals surface area contributed by atoms with Crippen molar-refractivity contribution in [2.24, 2.45) is 5.41 Å². The van der Waals surface area contributed by atoms with Crippen molar-refractivity contribution in [3.8, 4) is 0 Å². The van der Waals surface area contributed by atoms with E-state index >= 15 is 0 Å². The number of hydrogen-bond donors (Lipinski definition) is 0. The number of rotatable bonds is 3.